The highest BCUT2D eigenvalue weighted by molar-refractivity contribution is 6.11. The fourth-order valence-electron chi connectivity index (χ4n) is 1.86. The van der Waals surface area contributed by atoms with Gasteiger partial charge in [0.15, 0.2) is 0 Å². The molecule has 114 valence electrons. The van der Waals surface area contributed by atoms with Crippen molar-refractivity contribution in [2.45, 2.75) is 6.54 Å². The van der Waals surface area contributed by atoms with Crippen molar-refractivity contribution in [3.05, 3.63) is 83.6 Å². The zero-order valence-corrected chi connectivity index (χ0v) is 12.3. The molecule has 2 aromatic carbocycles. The lowest BCUT2D eigenvalue weighted by Gasteiger charge is -2.05. The molecular formula is C18H15N3O2. The van der Waals surface area contributed by atoms with E-state index in [2.05, 4.69) is 10.6 Å². The largest absolute Gasteiger partial charge is 0.334 e. The van der Waals surface area contributed by atoms with Gasteiger partial charge < -0.3 is 10.6 Å². The highest BCUT2D eigenvalue weighted by atomic mass is 16.2. The molecule has 0 fully saturated rings. The lowest BCUT2D eigenvalue weighted by molar-refractivity contribution is 0.103. The fraction of sp³-hybridized carbons (Fsp3) is 0.0556. The third kappa shape index (κ3) is 4.83. The molecule has 0 saturated carbocycles. The Morgan fingerprint density at radius 1 is 1.00 bits per heavy atom. The van der Waals surface area contributed by atoms with Crippen molar-refractivity contribution >= 4 is 11.8 Å². The molecule has 0 bridgehead atoms. The van der Waals surface area contributed by atoms with Crippen molar-refractivity contribution in [2.24, 2.45) is 0 Å². The molecule has 0 radical (unpaired) electrons. The molecule has 23 heavy (non-hydrogen) atoms. The summed E-state index contributed by atoms with van der Waals surface area (Å²) >= 11 is 0. The van der Waals surface area contributed by atoms with Gasteiger partial charge in [-0.3, -0.25) is 4.79 Å². The van der Waals surface area contributed by atoms with E-state index in [0.717, 1.165) is 11.8 Å². The van der Waals surface area contributed by atoms with Crippen LogP contribution in [0.3, 0.4) is 0 Å². The van der Waals surface area contributed by atoms with Crippen molar-refractivity contribution in [1.82, 2.24) is 10.6 Å². The second-order valence-corrected chi connectivity index (χ2v) is 4.68. The quantitative estimate of drug-likeness (QED) is 0.506. The summed E-state index contributed by atoms with van der Waals surface area (Å²) in [6.07, 6.45) is 1.12. The lowest BCUT2D eigenvalue weighted by Crippen LogP contribution is -2.32. The van der Waals surface area contributed by atoms with Crippen molar-refractivity contribution in [2.75, 3.05) is 0 Å². The summed E-state index contributed by atoms with van der Waals surface area (Å²) < 4.78 is 0. The Kier molecular flexibility index (Phi) is 5.67. The van der Waals surface area contributed by atoms with Crippen LogP contribution in [0.5, 0.6) is 0 Å². The molecule has 2 amide bonds. The number of benzene rings is 2. The predicted molar refractivity (Wildman–Crippen MR) is 86.3 cm³/mol. The zero-order valence-electron chi connectivity index (χ0n) is 12.3. The number of ketones is 1. The van der Waals surface area contributed by atoms with Gasteiger partial charge in [-0.2, -0.15) is 5.26 Å². The molecule has 0 aliphatic rings. The molecule has 2 rings (SSSR count). The van der Waals surface area contributed by atoms with Gasteiger partial charge in [-0.05, 0) is 5.56 Å². The van der Waals surface area contributed by atoms with Crippen LogP contribution in [-0.4, -0.2) is 11.8 Å². The van der Waals surface area contributed by atoms with Crippen LogP contribution < -0.4 is 10.6 Å². The van der Waals surface area contributed by atoms with Crippen molar-refractivity contribution < 1.29 is 9.59 Å². The topological polar surface area (TPSA) is 82.0 Å². The number of allylic oxidation sites excluding steroid dienone is 1. The van der Waals surface area contributed by atoms with Crippen LogP contribution in [0.4, 0.5) is 4.79 Å². The molecule has 0 aromatic heterocycles. The third-order valence-electron chi connectivity index (χ3n) is 3.04. The van der Waals surface area contributed by atoms with E-state index < -0.39 is 11.8 Å². The first-order valence-electron chi connectivity index (χ1n) is 6.99. The van der Waals surface area contributed by atoms with E-state index in [1.54, 1.807) is 36.4 Å². The molecule has 0 unspecified atom stereocenters. The summed E-state index contributed by atoms with van der Waals surface area (Å²) in [5.41, 5.74) is 1.21. The van der Waals surface area contributed by atoms with E-state index in [1.165, 1.54) is 0 Å². The van der Waals surface area contributed by atoms with Crippen LogP contribution in [-0.2, 0) is 6.54 Å². The Morgan fingerprint density at radius 3 is 2.22 bits per heavy atom. The first-order chi connectivity index (χ1) is 11.2. The smallest absolute Gasteiger partial charge is 0.319 e. The highest BCUT2D eigenvalue weighted by Crippen LogP contribution is 2.06. The maximum atomic E-state index is 12.1. The van der Waals surface area contributed by atoms with E-state index >= 15 is 0 Å². The number of hydrogen-bond acceptors (Lipinski definition) is 3. The van der Waals surface area contributed by atoms with E-state index in [9.17, 15) is 9.59 Å². The van der Waals surface area contributed by atoms with Crippen molar-refractivity contribution in [1.29, 1.82) is 5.26 Å². The SMILES string of the molecule is N#C/C(=C\NC(=O)NCc1ccccc1)C(=O)c1ccccc1. The van der Waals surface area contributed by atoms with Gasteiger partial charge in [-0.25, -0.2) is 4.79 Å². The average Bonchev–Trinajstić information content (AvgIpc) is 2.62. The van der Waals surface area contributed by atoms with Gasteiger partial charge in [-0.15, -0.1) is 0 Å². The number of Topliss-reactive ketones (excluding diaryl/α,β-unsaturated/α-hetero) is 1. The first kappa shape index (κ1) is 16.0. The monoisotopic (exact) mass is 305 g/mol. The lowest BCUT2D eigenvalue weighted by atomic mass is 10.1. The van der Waals surface area contributed by atoms with Gasteiger partial charge in [0.1, 0.15) is 11.6 Å². The number of nitrogens with zero attached hydrogens (tertiary/aromatic N) is 1. The summed E-state index contributed by atoms with van der Waals surface area (Å²) in [7, 11) is 0. The molecule has 5 nitrogen and oxygen atoms in total. The molecular weight excluding hydrogens is 290 g/mol. The Balaban J connectivity index is 1.93. The zero-order chi connectivity index (χ0) is 16.5. The average molecular weight is 305 g/mol. The van der Waals surface area contributed by atoms with Crippen LogP contribution in [0.15, 0.2) is 72.4 Å². The maximum absolute atomic E-state index is 12.1. The number of rotatable bonds is 5. The van der Waals surface area contributed by atoms with E-state index in [-0.39, 0.29) is 5.57 Å². The minimum atomic E-state index is -0.484. The van der Waals surface area contributed by atoms with Gasteiger partial charge in [0.2, 0.25) is 5.78 Å². The van der Waals surface area contributed by atoms with Gasteiger partial charge in [-0.1, -0.05) is 60.7 Å². The molecule has 0 spiro atoms. The third-order valence-corrected chi connectivity index (χ3v) is 3.04. The van der Waals surface area contributed by atoms with Gasteiger partial charge in [0.25, 0.3) is 0 Å². The number of nitriles is 1. The summed E-state index contributed by atoms with van der Waals surface area (Å²) in [6.45, 7) is 0.356. The number of nitrogens with one attached hydrogen (secondary N) is 2. The summed E-state index contributed by atoms with van der Waals surface area (Å²) in [5, 5.41) is 14.1. The minimum absolute atomic E-state index is 0.133. The standard InChI is InChI=1S/C18H15N3O2/c19-11-16(17(22)15-9-5-2-6-10-15)13-21-18(23)20-12-14-7-3-1-4-8-14/h1-10,13H,12H2,(H2,20,21,23)/b16-13+. The van der Waals surface area contributed by atoms with E-state index in [4.69, 9.17) is 5.26 Å². The molecule has 2 N–H and O–H groups in total. The Hall–Kier alpha value is -3.39. The first-order valence-corrected chi connectivity index (χ1v) is 6.99. The van der Waals surface area contributed by atoms with Crippen LogP contribution in [0, 0.1) is 11.3 Å². The summed E-state index contributed by atoms with van der Waals surface area (Å²) in [4.78, 5) is 23.8. The fourth-order valence-corrected chi connectivity index (χ4v) is 1.86. The van der Waals surface area contributed by atoms with Gasteiger partial charge in [0.05, 0.1) is 0 Å². The summed E-state index contributed by atoms with van der Waals surface area (Å²) in [6, 6.07) is 19.2. The number of urea groups is 1. The van der Waals surface area contributed by atoms with E-state index in [1.807, 2.05) is 30.3 Å². The molecule has 0 aliphatic carbocycles. The Labute approximate surface area is 134 Å². The van der Waals surface area contributed by atoms with Crippen LogP contribution in [0.2, 0.25) is 0 Å². The summed E-state index contributed by atoms with van der Waals surface area (Å²) in [5.74, 6) is -0.434. The number of hydrogen-bond donors (Lipinski definition) is 2. The van der Waals surface area contributed by atoms with Crippen LogP contribution in [0.25, 0.3) is 0 Å². The number of amides is 2. The number of carbonyl (C=O) groups excluding carboxylic acids is 2. The van der Waals surface area contributed by atoms with Crippen LogP contribution in [0.1, 0.15) is 15.9 Å². The molecule has 0 atom stereocenters. The molecule has 5 heteroatoms. The molecule has 0 saturated heterocycles. The van der Waals surface area contributed by atoms with Crippen molar-refractivity contribution in [3.8, 4) is 6.07 Å². The number of carbonyl (C=O) groups is 2. The predicted octanol–water partition coefficient (Wildman–Crippen LogP) is 2.78. The van der Waals surface area contributed by atoms with Gasteiger partial charge >= 0.3 is 6.03 Å². The normalized spacial score (nSPS) is 10.5. The van der Waals surface area contributed by atoms with Crippen molar-refractivity contribution in [3.63, 3.8) is 0 Å². The van der Waals surface area contributed by atoms with Gasteiger partial charge in [0, 0.05) is 18.3 Å². The minimum Gasteiger partial charge on any atom is -0.334 e. The second kappa shape index (κ2) is 8.15. The maximum Gasteiger partial charge on any atom is 0.319 e. The molecule has 2 aromatic rings. The molecule has 0 heterocycles. The second-order valence-electron chi connectivity index (χ2n) is 4.68. The highest BCUT2D eigenvalue weighted by Gasteiger charge is 2.11. The van der Waals surface area contributed by atoms with E-state index in [0.29, 0.717) is 12.1 Å². The Morgan fingerprint density at radius 2 is 1.61 bits per heavy atom. The van der Waals surface area contributed by atoms with Crippen LogP contribution >= 0.6 is 0 Å². The molecule has 0 aliphatic heterocycles. The Bertz CT molecular complexity index is 747.